The van der Waals surface area contributed by atoms with E-state index in [-0.39, 0.29) is 0 Å². The maximum absolute atomic E-state index is 5.60. The van der Waals surface area contributed by atoms with Crippen molar-refractivity contribution in [3.05, 3.63) is 29.7 Å². The zero-order chi connectivity index (χ0) is 11.4. The predicted molar refractivity (Wildman–Crippen MR) is 64.2 cm³/mol. The first-order valence-electron chi connectivity index (χ1n) is 5.54. The van der Waals surface area contributed by atoms with Crippen LogP contribution in [0.4, 0.5) is 0 Å². The number of rotatable bonds is 1. The minimum atomic E-state index is 0.354. The van der Waals surface area contributed by atoms with Crippen LogP contribution < -0.4 is 0 Å². The van der Waals surface area contributed by atoms with E-state index in [0.29, 0.717) is 5.92 Å². The Bertz CT molecular complexity index is 429. The van der Waals surface area contributed by atoms with E-state index in [2.05, 4.69) is 31.8 Å². The summed E-state index contributed by atoms with van der Waals surface area (Å²) in [6.07, 6.45) is 0. The standard InChI is InChI=1S/C11H13NO.C2H6/c1-7(2)11-12-9-5-4-8(3)6-10(9)13-11;1-2/h4-7H,1-3H3;1-2H3. The van der Waals surface area contributed by atoms with E-state index in [1.807, 2.05) is 26.0 Å². The van der Waals surface area contributed by atoms with Crippen LogP contribution in [-0.2, 0) is 0 Å². The van der Waals surface area contributed by atoms with Gasteiger partial charge in [-0.15, -0.1) is 0 Å². The van der Waals surface area contributed by atoms with Gasteiger partial charge in [-0.05, 0) is 24.6 Å². The zero-order valence-corrected chi connectivity index (χ0v) is 10.2. The summed E-state index contributed by atoms with van der Waals surface area (Å²) in [5, 5.41) is 0. The molecule has 2 nitrogen and oxygen atoms in total. The molecule has 1 heterocycles. The molecule has 1 aromatic heterocycles. The highest BCUT2D eigenvalue weighted by molar-refractivity contribution is 5.73. The largest absolute Gasteiger partial charge is 0.440 e. The lowest BCUT2D eigenvalue weighted by molar-refractivity contribution is 0.501. The van der Waals surface area contributed by atoms with E-state index in [9.17, 15) is 0 Å². The van der Waals surface area contributed by atoms with Gasteiger partial charge < -0.3 is 4.42 Å². The monoisotopic (exact) mass is 205 g/mol. The Hall–Kier alpha value is -1.31. The summed E-state index contributed by atoms with van der Waals surface area (Å²) in [6.45, 7) is 10.2. The molecule has 0 atom stereocenters. The number of hydrogen-bond acceptors (Lipinski definition) is 2. The predicted octanol–water partition coefficient (Wildman–Crippen LogP) is 4.29. The van der Waals surface area contributed by atoms with Gasteiger partial charge in [-0.2, -0.15) is 0 Å². The average molecular weight is 205 g/mol. The lowest BCUT2D eigenvalue weighted by Gasteiger charge is -1.93. The Labute approximate surface area is 91.3 Å². The molecular formula is C13H19NO. The Balaban J connectivity index is 0.000000531. The topological polar surface area (TPSA) is 26.0 Å². The van der Waals surface area contributed by atoms with E-state index < -0.39 is 0 Å². The van der Waals surface area contributed by atoms with Gasteiger partial charge in [0.2, 0.25) is 0 Å². The van der Waals surface area contributed by atoms with Crippen LogP contribution in [0, 0.1) is 6.92 Å². The lowest BCUT2D eigenvalue weighted by atomic mass is 10.2. The van der Waals surface area contributed by atoms with E-state index in [1.165, 1.54) is 5.56 Å². The van der Waals surface area contributed by atoms with Crippen molar-refractivity contribution in [3.8, 4) is 0 Å². The Morgan fingerprint density at radius 2 is 1.87 bits per heavy atom. The molecule has 0 bridgehead atoms. The third-order valence-electron chi connectivity index (χ3n) is 2.05. The fourth-order valence-corrected chi connectivity index (χ4v) is 1.30. The van der Waals surface area contributed by atoms with Crippen LogP contribution >= 0.6 is 0 Å². The van der Waals surface area contributed by atoms with E-state index >= 15 is 0 Å². The van der Waals surface area contributed by atoms with E-state index in [0.717, 1.165) is 17.0 Å². The Morgan fingerprint density at radius 3 is 2.47 bits per heavy atom. The van der Waals surface area contributed by atoms with Gasteiger partial charge in [0.05, 0.1) is 0 Å². The van der Waals surface area contributed by atoms with Crippen LogP contribution in [0.1, 0.15) is 45.1 Å². The fourth-order valence-electron chi connectivity index (χ4n) is 1.30. The van der Waals surface area contributed by atoms with Crippen molar-refractivity contribution in [2.75, 3.05) is 0 Å². The fraction of sp³-hybridized carbons (Fsp3) is 0.462. The summed E-state index contributed by atoms with van der Waals surface area (Å²) >= 11 is 0. The third kappa shape index (κ3) is 2.58. The number of nitrogens with zero attached hydrogens (tertiary/aromatic N) is 1. The molecule has 82 valence electrons. The third-order valence-corrected chi connectivity index (χ3v) is 2.05. The lowest BCUT2D eigenvalue weighted by Crippen LogP contribution is -1.84. The Kier molecular flexibility index (Phi) is 3.89. The molecule has 0 unspecified atom stereocenters. The number of aryl methyl sites for hydroxylation is 1. The van der Waals surface area contributed by atoms with Gasteiger partial charge in [0.25, 0.3) is 0 Å². The number of fused-ring (bicyclic) bond motifs is 1. The van der Waals surface area contributed by atoms with Crippen LogP contribution in [0.25, 0.3) is 11.1 Å². The second-order valence-electron chi connectivity index (χ2n) is 3.68. The summed E-state index contributed by atoms with van der Waals surface area (Å²) in [7, 11) is 0. The average Bonchev–Trinajstić information content (AvgIpc) is 2.63. The van der Waals surface area contributed by atoms with Gasteiger partial charge in [0.15, 0.2) is 11.5 Å². The quantitative estimate of drug-likeness (QED) is 0.694. The van der Waals surface area contributed by atoms with Crippen LogP contribution in [0.2, 0.25) is 0 Å². The van der Waals surface area contributed by atoms with Crippen molar-refractivity contribution in [2.24, 2.45) is 0 Å². The highest BCUT2D eigenvalue weighted by atomic mass is 16.3. The van der Waals surface area contributed by atoms with E-state index in [4.69, 9.17) is 4.42 Å². The molecule has 0 aliphatic heterocycles. The maximum atomic E-state index is 5.60. The first-order valence-corrected chi connectivity index (χ1v) is 5.54. The molecule has 0 amide bonds. The molecule has 2 heteroatoms. The molecule has 1 aromatic carbocycles. The highest BCUT2D eigenvalue weighted by Gasteiger charge is 2.08. The van der Waals surface area contributed by atoms with Crippen molar-refractivity contribution in [1.29, 1.82) is 0 Å². The first kappa shape index (κ1) is 11.8. The van der Waals surface area contributed by atoms with Crippen LogP contribution in [0.15, 0.2) is 22.6 Å². The van der Waals surface area contributed by atoms with Crippen molar-refractivity contribution >= 4 is 11.1 Å². The summed E-state index contributed by atoms with van der Waals surface area (Å²) < 4.78 is 5.60. The number of benzene rings is 1. The minimum absolute atomic E-state index is 0.354. The van der Waals surface area contributed by atoms with Crippen LogP contribution in [-0.4, -0.2) is 4.98 Å². The first-order chi connectivity index (χ1) is 7.16. The van der Waals surface area contributed by atoms with Gasteiger partial charge >= 0.3 is 0 Å². The number of aromatic nitrogens is 1. The SMILES string of the molecule is CC.Cc1ccc2nc(C(C)C)oc2c1. The summed E-state index contributed by atoms with van der Waals surface area (Å²) in [4.78, 5) is 4.39. The van der Waals surface area contributed by atoms with Gasteiger partial charge in [-0.25, -0.2) is 4.98 Å². The molecule has 0 saturated carbocycles. The van der Waals surface area contributed by atoms with Gasteiger partial charge in [-0.1, -0.05) is 33.8 Å². The maximum Gasteiger partial charge on any atom is 0.198 e. The Morgan fingerprint density at radius 1 is 1.20 bits per heavy atom. The molecule has 0 aliphatic rings. The molecule has 0 aliphatic carbocycles. The number of oxazole rings is 1. The smallest absolute Gasteiger partial charge is 0.198 e. The molecule has 0 N–H and O–H groups in total. The van der Waals surface area contributed by atoms with Crippen molar-refractivity contribution in [2.45, 2.75) is 40.5 Å². The van der Waals surface area contributed by atoms with Gasteiger partial charge in [-0.3, -0.25) is 0 Å². The molecule has 15 heavy (non-hydrogen) atoms. The van der Waals surface area contributed by atoms with Crippen molar-refractivity contribution < 1.29 is 4.42 Å². The summed E-state index contributed by atoms with van der Waals surface area (Å²) in [5.41, 5.74) is 3.05. The summed E-state index contributed by atoms with van der Waals surface area (Å²) in [5.74, 6) is 1.17. The van der Waals surface area contributed by atoms with Crippen LogP contribution in [0.5, 0.6) is 0 Å². The molecule has 0 fully saturated rings. The molecule has 0 radical (unpaired) electrons. The molecular weight excluding hydrogens is 186 g/mol. The molecule has 0 saturated heterocycles. The highest BCUT2D eigenvalue weighted by Crippen LogP contribution is 2.21. The number of hydrogen-bond donors (Lipinski definition) is 0. The van der Waals surface area contributed by atoms with Crippen LogP contribution in [0.3, 0.4) is 0 Å². The van der Waals surface area contributed by atoms with Crippen molar-refractivity contribution in [1.82, 2.24) is 4.98 Å². The summed E-state index contributed by atoms with van der Waals surface area (Å²) in [6, 6.07) is 6.07. The molecule has 2 aromatic rings. The molecule has 0 spiro atoms. The van der Waals surface area contributed by atoms with E-state index in [1.54, 1.807) is 0 Å². The molecule has 2 rings (SSSR count). The zero-order valence-electron chi connectivity index (χ0n) is 10.2. The van der Waals surface area contributed by atoms with Crippen molar-refractivity contribution in [3.63, 3.8) is 0 Å². The van der Waals surface area contributed by atoms with Gasteiger partial charge in [0, 0.05) is 5.92 Å². The normalized spacial score (nSPS) is 10.3. The van der Waals surface area contributed by atoms with Gasteiger partial charge in [0.1, 0.15) is 5.52 Å². The minimum Gasteiger partial charge on any atom is -0.440 e. The second-order valence-corrected chi connectivity index (χ2v) is 3.68. The second kappa shape index (κ2) is 4.96.